The van der Waals surface area contributed by atoms with Crippen LogP contribution in [-0.4, -0.2) is 25.7 Å². The van der Waals surface area contributed by atoms with E-state index in [0.29, 0.717) is 19.1 Å². The first kappa shape index (κ1) is 18.6. The van der Waals surface area contributed by atoms with E-state index in [1.807, 2.05) is 55.5 Å². The van der Waals surface area contributed by atoms with Crippen molar-refractivity contribution < 1.29 is 14.3 Å². The van der Waals surface area contributed by atoms with E-state index in [9.17, 15) is 4.79 Å². The fourth-order valence-corrected chi connectivity index (χ4v) is 2.18. The first-order chi connectivity index (χ1) is 12.1. The minimum absolute atomic E-state index is 0.122. The predicted molar refractivity (Wildman–Crippen MR) is 102 cm³/mol. The zero-order valence-corrected chi connectivity index (χ0v) is 15.0. The van der Waals surface area contributed by atoms with Gasteiger partial charge in [-0.2, -0.15) is 0 Å². The molecule has 0 spiro atoms. The molecule has 0 saturated heterocycles. The van der Waals surface area contributed by atoms with Crippen molar-refractivity contribution in [3.8, 4) is 11.5 Å². The Morgan fingerprint density at radius 3 is 2.44 bits per heavy atom. The molecule has 0 atom stereocenters. The molecule has 25 heavy (non-hydrogen) atoms. The second-order valence-corrected chi connectivity index (χ2v) is 6.06. The zero-order chi connectivity index (χ0) is 18.1. The summed E-state index contributed by atoms with van der Waals surface area (Å²) in [5.41, 5.74) is 1.55. The summed E-state index contributed by atoms with van der Waals surface area (Å²) in [6, 6.07) is 14.9. The SMILES string of the molecule is CCOc1ccc(NC(=O)CNc2ccccc2OCC(C)C)cc1. The van der Waals surface area contributed by atoms with Crippen LogP contribution >= 0.6 is 0 Å². The maximum atomic E-state index is 12.1. The molecular formula is C20H26N2O3. The van der Waals surface area contributed by atoms with Gasteiger partial charge in [-0.25, -0.2) is 0 Å². The molecule has 0 heterocycles. The van der Waals surface area contributed by atoms with Gasteiger partial charge in [0.1, 0.15) is 11.5 Å². The van der Waals surface area contributed by atoms with Gasteiger partial charge < -0.3 is 20.1 Å². The van der Waals surface area contributed by atoms with Crippen LogP contribution in [0.15, 0.2) is 48.5 Å². The molecule has 0 unspecified atom stereocenters. The number of anilines is 2. The van der Waals surface area contributed by atoms with Gasteiger partial charge in [-0.3, -0.25) is 4.79 Å². The van der Waals surface area contributed by atoms with E-state index in [-0.39, 0.29) is 12.5 Å². The molecule has 2 N–H and O–H groups in total. The minimum atomic E-state index is -0.122. The van der Waals surface area contributed by atoms with E-state index < -0.39 is 0 Å². The molecular weight excluding hydrogens is 316 g/mol. The normalized spacial score (nSPS) is 10.4. The van der Waals surface area contributed by atoms with Crippen LogP contribution < -0.4 is 20.1 Å². The Morgan fingerprint density at radius 1 is 1.04 bits per heavy atom. The quantitative estimate of drug-likeness (QED) is 0.718. The van der Waals surface area contributed by atoms with Gasteiger partial charge in [-0.05, 0) is 49.2 Å². The Kier molecular flexibility index (Phi) is 7.14. The fourth-order valence-electron chi connectivity index (χ4n) is 2.18. The minimum Gasteiger partial charge on any atom is -0.494 e. The lowest BCUT2D eigenvalue weighted by Crippen LogP contribution is -2.22. The van der Waals surface area contributed by atoms with Crippen LogP contribution in [0.2, 0.25) is 0 Å². The fraction of sp³-hybridized carbons (Fsp3) is 0.350. The first-order valence-corrected chi connectivity index (χ1v) is 8.57. The van der Waals surface area contributed by atoms with E-state index >= 15 is 0 Å². The van der Waals surface area contributed by atoms with E-state index in [1.165, 1.54) is 0 Å². The number of carbonyl (C=O) groups is 1. The van der Waals surface area contributed by atoms with Gasteiger partial charge in [-0.15, -0.1) is 0 Å². The van der Waals surface area contributed by atoms with Crippen molar-refractivity contribution in [1.29, 1.82) is 0 Å². The van der Waals surface area contributed by atoms with Crippen molar-refractivity contribution >= 4 is 17.3 Å². The Labute approximate surface area is 149 Å². The summed E-state index contributed by atoms with van der Waals surface area (Å²) in [4.78, 5) is 12.1. The maximum absolute atomic E-state index is 12.1. The molecule has 0 bridgehead atoms. The topological polar surface area (TPSA) is 59.6 Å². The van der Waals surface area contributed by atoms with Crippen LogP contribution in [0.4, 0.5) is 11.4 Å². The molecule has 0 fully saturated rings. The Morgan fingerprint density at radius 2 is 1.76 bits per heavy atom. The molecule has 0 aliphatic rings. The molecule has 0 radical (unpaired) electrons. The number of ether oxygens (including phenoxy) is 2. The average molecular weight is 342 g/mol. The van der Waals surface area contributed by atoms with Crippen molar-refractivity contribution in [3.63, 3.8) is 0 Å². The molecule has 2 aromatic carbocycles. The number of benzene rings is 2. The van der Waals surface area contributed by atoms with E-state index in [1.54, 1.807) is 0 Å². The third-order valence-electron chi connectivity index (χ3n) is 3.35. The van der Waals surface area contributed by atoms with E-state index in [0.717, 1.165) is 22.9 Å². The molecule has 2 aromatic rings. The molecule has 0 saturated carbocycles. The number of carbonyl (C=O) groups excluding carboxylic acids is 1. The van der Waals surface area contributed by atoms with Crippen LogP contribution in [0.5, 0.6) is 11.5 Å². The van der Waals surface area contributed by atoms with Gasteiger partial charge in [-0.1, -0.05) is 26.0 Å². The molecule has 0 aromatic heterocycles. The number of nitrogens with one attached hydrogen (secondary N) is 2. The van der Waals surface area contributed by atoms with Gasteiger partial charge in [0.25, 0.3) is 0 Å². The highest BCUT2D eigenvalue weighted by molar-refractivity contribution is 5.94. The first-order valence-electron chi connectivity index (χ1n) is 8.57. The van der Waals surface area contributed by atoms with Gasteiger partial charge >= 0.3 is 0 Å². The summed E-state index contributed by atoms with van der Waals surface area (Å²) >= 11 is 0. The average Bonchev–Trinajstić information content (AvgIpc) is 2.61. The summed E-state index contributed by atoms with van der Waals surface area (Å²) in [6.07, 6.45) is 0. The Hall–Kier alpha value is -2.69. The van der Waals surface area contributed by atoms with Crippen LogP contribution in [0.1, 0.15) is 20.8 Å². The Balaban J connectivity index is 1.87. The number of hydrogen-bond acceptors (Lipinski definition) is 4. The Bertz CT molecular complexity index is 669. The second-order valence-electron chi connectivity index (χ2n) is 6.06. The highest BCUT2D eigenvalue weighted by Crippen LogP contribution is 2.24. The summed E-state index contributed by atoms with van der Waals surface area (Å²) in [6.45, 7) is 7.55. The van der Waals surface area contributed by atoms with Crippen LogP contribution in [-0.2, 0) is 4.79 Å². The van der Waals surface area contributed by atoms with Crippen molar-refractivity contribution in [2.24, 2.45) is 5.92 Å². The lowest BCUT2D eigenvalue weighted by atomic mass is 10.2. The second kappa shape index (κ2) is 9.57. The number of hydrogen-bond donors (Lipinski definition) is 2. The molecule has 0 aliphatic heterocycles. The lowest BCUT2D eigenvalue weighted by molar-refractivity contribution is -0.114. The van der Waals surface area contributed by atoms with Crippen molar-refractivity contribution in [3.05, 3.63) is 48.5 Å². The van der Waals surface area contributed by atoms with Crippen LogP contribution in [0.25, 0.3) is 0 Å². The van der Waals surface area contributed by atoms with Gasteiger partial charge in [0.05, 0.1) is 25.4 Å². The van der Waals surface area contributed by atoms with Crippen LogP contribution in [0.3, 0.4) is 0 Å². The van der Waals surface area contributed by atoms with Gasteiger partial charge in [0.2, 0.25) is 5.91 Å². The van der Waals surface area contributed by atoms with Crippen LogP contribution in [0, 0.1) is 5.92 Å². The van der Waals surface area contributed by atoms with Crippen molar-refractivity contribution in [2.75, 3.05) is 30.4 Å². The van der Waals surface area contributed by atoms with Gasteiger partial charge in [0.15, 0.2) is 0 Å². The van der Waals surface area contributed by atoms with E-state index in [4.69, 9.17) is 9.47 Å². The maximum Gasteiger partial charge on any atom is 0.243 e. The summed E-state index contributed by atoms with van der Waals surface area (Å²) < 4.78 is 11.2. The highest BCUT2D eigenvalue weighted by Gasteiger charge is 2.07. The summed E-state index contributed by atoms with van der Waals surface area (Å²) in [7, 11) is 0. The van der Waals surface area contributed by atoms with E-state index in [2.05, 4.69) is 24.5 Å². The molecule has 1 amide bonds. The number of rotatable bonds is 9. The molecule has 134 valence electrons. The molecule has 2 rings (SSSR count). The van der Waals surface area contributed by atoms with Crippen molar-refractivity contribution in [2.45, 2.75) is 20.8 Å². The molecule has 0 aliphatic carbocycles. The molecule has 5 heteroatoms. The number of para-hydroxylation sites is 2. The van der Waals surface area contributed by atoms with Crippen molar-refractivity contribution in [1.82, 2.24) is 0 Å². The summed E-state index contributed by atoms with van der Waals surface area (Å²) in [5, 5.41) is 5.98. The zero-order valence-electron chi connectivity index (χ0n) is 15.0. The standard InChI is InChI=1S/C20H26N2O3/c1-4-24-17-11-9-16(10-12-17)22-20(23)13-21-18-7-5-6-8-19(18)25-14-15(2)3/h5-12,15,21H,4,13-14H2,1-3H3,(H,22,23). The molecule has 5 nitrogen and oxygen atoms in total. The largest absolute Gasteiger partial charge is 0.494 e. The van der Waals surface area contributed by atoms with Gasteiger partial charge in [0, 0.05) is 5.69 Å². The third kappa shape index (κ3) is 6.37. The monoisotopic (exact) mass is 342 g/mol. The number of amides is 1. The lowest BCUT2D eigenvalue weighted by Gasteiger charge is -2.14. The summed E-state index contributed by atoms with van der Waals surface area (Å²) in [5.74, 6) is 1.86. The smallest absolute Gasteiger partial charge is 0.243 e. The third-order valence-corrected chi connectivity index (χ3v) is 3.35. The predicted octanol–water partition coefficient (Wildman–Crippen LogP) is 4.17. The highest BCUT2D eigenvalue weighted by atomic mass is 16.5.